The Morgan fingerprint density at radius 3 is 2.53 bits per heavy atom. The number of ether oxygens (including phenoxy) is 1. The Labute approximate surface area is 205 Å². The zero-order valence-corrected chi connectivity index (χ0v) is 21.3. The van der Waals surface area contributed by atoms with Crippen LogP contribution < -0.4 is 0 Å². The van der Waals surface area contributed by atoms with E-state index in [0.29, 0.717) is 18.9 Å². The number of hydrogen-bond acceptors (Lipinski definition) is 4. The molecule has 1 saturated carbocycles. The Hall–Kier alpha value is -2.82. The molecule has 1 amide bonds. The molecule has 3 rings (SSSR count). The van der Waals surface area contributed by atoms with E-state index in [2.05, 4.69) is 48.2 Å². The summed E-state index contributed by atoms with van der Waals surface area (Å²) < 4.78 is 6.07. The van der Waals surface area contributed by atoms with Gasteiger partial charge in [-0.3, -0.25) is 4.79 Å². The molecule has 0 radical (unpaired) electrons. The maximum absolute atomic E-state index is 12.7. The largest absolute Gasteiger partial charge is 0.493 e. The molecule has 2 aliphatic rings. The molecule has 1 aromatic carbocycles. The van der Waals surface area contributed by atoms with Crippen LogP contribution in [0.3, 0.4) is 0 Å². The van der Waals surface area contributed by atoms with Crippen molar-refractivity contribution in [1.29, 1.82) is 0 Å². The summed E-state index contributed by atoms with van der Waals surface area (Å²) in [4.78, 5) is 20.1. The van der Waals surface area contributed by atoms with E-state index in [0.717, 1.165) is 41.9 Å². The van der Waals surface area contributed by atoms with Gasteiger partial charge in [-0.25, -0.2) is 0 Å². The van der Waals surface area contributed by atoms with Gasteiger partial charge in [0.15, 0.2) is 6.61 Å². The van der Waals surface area contributed by atoms with Crippen LogP contribution in [0.25, 0.3) is 5.76 Å². The Morgan fingerprint density at radius 1 is 1.12 bits per heavy atom. The van der Waals surface area contributed by atoms with Crippen LogP contribution in [0, 0.1) is 0 Å². The third-order valence-electron chi connectivity index (χ3n) is 6.16. The lowest BCUT2D eigenvalue weighted by Crippen LogP contribution is -2.43. The molecule has 0 saturated heterocycles. The molecular formula is C29H40N2O3. The third-order valence-corrected chi connectivity index (χ3v) is 6.16. The lowest BCUT2D eigenvalue weighted by atomic mass is 9.93. The van der Waals surface area contributed by atoms with Gasteiger partial charge in [-0.1, -0.05) is 48.2 Å². The molecule has 0 atom stereocenters. The van der Waals surface area contributed by atoms with Crippen molar-refractivity contribution < 1.29 is 14.4 Å². The van der Waals surface area contributed by atoms with Gasteiger partial charge in [-0.15, -0.1) is 0 Å². The number of amides is 1. The Kier molecular flexibility index (Phi) is 9.55. The van der Waals surface area contributed by atoms with Gasteiger partial charge in [0.2, 0.25) is 0 Å². The predicted molar refractivity (Wildman–Crippen MR) is 140 cm³/mol. The Bertz CT molecular complexity index is 931. The minimum atomic E-state index is -0.0682. The van der Waals surface area contributed by atoms with Crippen LogP contribution in [0.1, 0.15) is 82.4 Å². The van der Waals surface area contributed by atoms with Crippen LogP contribution in [0.4, 0.5) is 0 Å². The van der Waals surface area contributed by atoms with Crippen LogP contribution in [0.5, 0.6) is 0 Å². The molecule has 1 heterocycles. The Balaban J connectivity index is 1.85. The minimum absolute atomic E-state index is 0.0532. The summed E-state index contributed by atoms with van der Waals surface area (Å²) in [5, 5.41) is 4.40. The standard InChI is InChI=1S/C29H40N2O3/c1-21(2)31(22(3)4)28(32)20-34-30-26-14-10-8-6-7-9-11-18-33-23(5)29-25(19-26)13-12-15-27(29)24-16-17-24/h7,9-10,12-15,21-22,24H,5-6,8,11,16-20H2,1-4H3/b9-7+,14-10+,30-26-. The summed E-state index contributed by atoms with van der Waals surface area (Å²) in [6, 6.07) is 6.66. The normalized spacial score (nSPS) is 20.4. The van der Waals surface area contributed by atoms with Gasteiger partial charge >= 0.3 is 0 Å². The van der Waals surface area contributed by atoms with E-state index in [1.165, 1.54) is 18.4 Å². The van der Waals surface area contributed by atoms with Crippen LogP contribution in [-0.4, -0.2) is 41.8 Å². The number of carbonyl (C=O) groups is 1. The highest BCUT2D eigenvalue weighted by Gasteiger charge is 2.28. The molecule has 1 aliphatic heterocycles. The average molecular weight is 465 g/mol. The summed E-state index contributed by atoms with van der Waals surface area (Å²) in [7, 11) is 0. The number of benzene rings is 1. The molecule has 0 unspecified atom stereocenters. The smallest absolute Gasteiger partial charge is 0.263 e. The van der Waals surface area contributed by atoms with Crippen molar-refractivity contribution in [2.45, 2.75) is 84.2 Å². The number of allylic oxidation sites excluding steroid dienone is 3. The second-order valence-electron chi connectivity index (χ2n) is 9.69. The van der Waals surface area contributed by atoms with Crippen LogP contribution in [-0.2, 0) is 20.8 Å². The molecule has 0 aromatic heterocycles. The summed E-state index contributed by atoms with van der Waals surface area (Å²) in [6.07, 6.45) is 14.3. The number of oxime groups is 1. The molecule has 1 aliphatic carbocycles. The molecule has 0 bridgehead atoms. The van der Waals surface area contributed by atoms with E-state index >= 15 is 0 Å². The van der Waals surface area contributed by atoms with Gasteiger partial charge in [0.1, 0.15) is 5.76 Å². The van der Waals surface area contributed by atoms with Gasteiger partial charge in [-0.05, 0) is 82.9 Å². The fourth-order valence-corrected chi connectivity index (χ4v) is 4.55. The van der Waals surface area contributed by atoms with Gasteiger partial charge < -0.3 is 14.5 Å². The van der Waals surface area contributed by atoms with Crippen molar-refractivity contribution in [3.05, 3.63) is 65.8 Å². The SMILES string of the molecule is C=C1OCC/C=C/CC/C=C/C(=N/OCC(=O)N(C(C)C)C(C)C)Cc2cccc(C3CC3)c21. The van der Waals surface area contributed by atoms with E-state index in [9.17, 15) is 4.79 Å². The molecule has 5 heteroatoms. The second-order valence-corrected chi connectivity index (χ2v) is 9.69. The zero-order valence-electron chi connectivity index (χ0n) is 21.3. The molecule has 1 fully saturated rings. The number of hydrogen-bond donors (Lipinski definition) is 0. The van der Waals surface area contributed by atoms with Crippen LogP contribution in [0.2, 0.25) is 0 Å². The fourth-order valence-electron chi connectivity index (χ4n) is 4.55. The molecule has 5 nitrogen and oxygen atoms in total. The molecule has 1 aromatic rings. The van der Waals surface area contributed by atoms with Crippen molar-refractivity contribution in [1.82, 2.24) is 4.90 Å². The molecule has 0 N–H and O–H groups in total. The topological polar surface area (TPSA) is 51.1 Å². The minimum Gasteiger partial charge on any atom is -0.493 e. The second kappa shape index (κ2) is 12.6. The fraction of sp³-hybridized carbons (Fsp3) is 0.517. The molecular weight excluding hydrogens is 424 g/mol. The van der Waals surface area contributed by atoms with Crippen molar-refractivity contribution in [3.63, 3.8) is 0 Å². The lowest BCUT2D eigenvalue weighted by molar-refractivity contribution is -0.139. The summed E-state index contributed by atoms with van der Waals surface area (Å²) in [5.74, 6) is 1.26. The quantitative estimate of drug-likeness (QED) is 0.361. The van der Waals surface area contributed by atoms with Gasteiger partial charge in [0, 0.05) is 24.1 Å². The summed E-state index contributed by atoms with van der Waals surface area (Å²) in [6.45, 7) is 12.9. The summed E-state index contributed by atoms with van der Waals surface area (Å²) >= 11 is 0. The van der Waals surface area contributed by atoms with Crippen molar-refractivity contribution in [2.24, 2.45) is 5.16 Å². The van der Waals surface area contributed by atoms with E-state index < -0.39 is 0 Å². The van der Waals surface area contributed by atoms with E-state index in [1.54, 1.807) is 0 Å². The first kappa shape index (κ1) is 25.8. The van der Waals surface area contributed by atoms with E-state index in [-0.39, 0.29) is 24.6 Å². The maximum Gasteiger partial charge on any atom is 0.263 e. The maximum atomic E-state index is 12.7. The lowest BCUT2D eigenvalue weighted by Gasteiger charge is -2.30. The van der Waals surface area contributed by atoms with Crippen LogP contribution in [0.15, 0.2) is 54.2 Å². The zero-order chi connectivity index (χ0) is 24.5. The molecule has 184 valence electrons. The Morgan fingerprint density at radius 2 is 1.82 bits per heavy atom. The first-order valence-corrected chi connectivity index (χ1v) is 12.6. The van der Waals surface area contributed by atoms with Crippen molar-refractivity contribution in [2.75, 3.05) is 13.2 Å². The highest BCUT2D eigenvalue weighted by atomic mass is 16.6. The monoisotopic (exact) mass is 464 g/mol. The van der Waals surface area contributed by atoms with Gasteiger partial charge in [0.05, 0.1) is 12.3 Å². The van der Waals surface area contributed by atoms with Crippen molar-refractivity contribution in [3.8, 4) is 0 Å². The molecule has 0 spiro atoms. The first-order valence-electron chi connectivity index (χ1n) is 12.6. The number of fused-ring (bicyclic) bond motifs is 1. The number of rotatable bonds is 6. The number of nitrogens with zero attached hydrogens (tertiary/aromatic N) is 2. The van der Waals surface area contributed by atoms with Gasteiger partial charge in [0.25, 0.3) is 5.91 Å². The molecule has 34 heavy (non-hydrogen) atoms. The van der Waals surface area contributed by atoms with Crippen LogP contribution >= 0.6 is 0 Å². The first-order chi connectivity index (χ1) is 16.4. The number of carbonyl (C=O) groups excluding carboxylic acids is 1. The van der Waals surface area contributed by atoms with Gasteiger partial charge in [-0.2, -0.15) is 0 Å². The average Bonchev–Trinajstić information content (AvgIpc) is 3.62. The summed E-state index contributed by atoms with van der Waals surface area (Å²) in [5.41, 5.74) is 4.34. The highest BCUT2D eigenvalue weighted by molar-refractivity contribution is 5.97. The third kappa shape index (κ3) is 7.34. The van der Waals surface area contributed by atoms with E-state index in [1.807, 2.05) is 38.7 Å². The van der Waals surface area contributed by atoms with Crippen molar-refractivity contribution >= 4 is 17.4 Å². The predicted octanol–water partition coefficient (Wildman–Crippen LogP) is 6.41. The highest BCUT2D eigenvalue weighted by Crippen LogP contribution is 2.44. The van der Waals surface area contributed by atoms with E-state index in [4.69, 9.17) is 9.57 Å².